The molecule has 0 bridgehead atoms. The monoisotopic (exact) mass is 573 g/mol. The average Bonchev–Trinajstić information content (AvgIpc) is 3.58. The van der Waals surface area contributed by atoms with Crippen LogP contribution in [0.15, 0.2) is 23.7 Å². The first kappa shape index (κ1) is 32.0. The molecule has 3 N–H and O–H groups in total. The fourth-order valence-electron chi connectivity index (χ4n) is 4.93. The number of benzene rings is 1. The van der Waals surface area contributed by atoms with E-state index in [4.69, 9.17) is 4.74 Å². The summed E-state index contributed by atoms with van der Waals surface area (Å²) in [5.41, 5.74) is 4.72. The molecule has 0 spiro atoms. The van der Waals surface area contributed by atoms with Gasteiger partial charge in [-0.2, -0.15) is 0 Å². The Kier molecular flexibility index (Phi) is 12.4. The summed E-state index contributed by atoms with van der Waals surface area (Å²) in [5, 5.41) is 16.6. The minimum absolute atomic E-state index is 0.0853. The largest absolute Gasteiger partial charge is 0.492 e. The van der Waals surface area contributed by atoms with E-state index < -0.39 is 12.1 Å². The number of aryl methyl sites for hydroxylation is 1. The number of piperazine rings is 1. The summed E-state index contributed by atoms with van der Waals surface area (Å²) in [6.07, 6.45) is -0.445. The zero-order valence-corrected chi connectivity index (χ0v) is 25.7. The first-order valence-electron chi connectivity index (χ1n) is 14.6. The third kappa shape index (κ3) is 8.25. The van der Waals surface area contributed by atoms with Crippen LogP contribution in [-0.4, -0.2) is 89.7 Å². The number of hydrogen-bond acceptors (Lipinski definition) is 8. The summed E-state index contributed by atoms with van der Waals surface area (Å²) >= 11 is 1.59. The Labute approximate surface area is 243 Å². The number of ether oxygens (including phenoxy) is 1. The number of aliphatic hydroxyl groups excluding tert-OH is 1. The topological polar surface area (TPSA) is 107 Å². The minimum Gasteiger partial charge on any atom is -0.492 e. The van der Waals surface area contributed by atoms with Crippen LogP contribution in [0.25, 0.3) is 10.4 Å². The number of likely N-dealkylation sites (tertiary alicyclic amines) is 1. The summed E-state index contributed by atoms with van der Waals surface area (Å²) in [6.45, 7) is 17.7. The number of aliphatic hydroxyl groups is 1. The predicted octanol–water partition coefficient (Wildman–Crippen LogP) is 3.30. The van der Waals surface area contributed by atoms with E-state index in [0.717, 1.165) is 60.2 Å². The molecule has 10 heteroatoms. The molecule has 2 amide bonds. The lowest BCUT2D eigenvalue weighted by Gasteiger charge is -2.28. The highest BCUT2D eigenvalue weighted by Crippen LogP contribution is 2.32. The molecule has 3 unspecified atom stereocenters. The van der Waals surface area contributed by atoms with Crippen molar-refractivity contribution in [1.82, 2.24) is 25.4 Å². The maximum absolute atomic E-state index is 13.2. The second kappa shape index (κ2) is 15.5. The van der Waals surface area contributed by atoms with Crippen LogP contribution in [0.4, 0.5) is 0 Å². The molecule has 0 aliphatic carbocycles. The van der Waals surface area contributed by atoms with Crippen LogP contribution in [0.3, 0.4) is 0 Å². The van der Waals surface area contributed by atoms with E-state index in [-0.39, 0.29) is 43.2 Å². The minimum atomic E-state index is -0.695. The van der Waals surface area contributed by atoms with Crippen LogP contribution in [-0.2, 0) is 16.1 Å². The van der Waals surface area contributed by atoms with Crippen LogP contribution in [0.2, 0.25) is 0 Å². The second-order valence-corrected chi connectivity index (χ2v) is 11.5. The molecule has 2 fully saturated rings. The molecule has 4 rings (SSSR count). The lowest BCUT2D eigenvalue weighted by molar-refractivity contribution is -0.142. The Balaban J connectivity index is 0.00000216. The van der Waals surface area contributed by atoms with E-state index in [1.807, 2.05) is 65.3 Å². The van der Waals surface area contributed by atoms with E-state index in [2.05, 4.69) is 20.5 Å². The smallest absolute Gasteiger partial charge is 0.243 e. The highest BCUT2D eigenvalue weighted by Gasteiger charge is 2.40. The Morgan fingerprint density at radius 1 is 1.23 bits per heavy atom. The molecular weight excluding hydrogens is 526 g/mol. The molecule has 1 aromatic carbocycles. The van der Waals surface area contributed by atoms with Gasteiger partial charge in [-0.25, -0.2) is 4.98 Å². The van der Waals surface area contributed by atoms with Crippen LogP contribution in [0.5, 0.6) is 5.75 Å². The lowest BCUT2D eigenvalue weighted by atomic mass is 9.96. The fourth-order valence-corrected chi connectivity index (χ4v) is 5.73. The van der Waals surface area contributed by atoms with Crippen molar-refractivity contribution in [3.05, 3.63) is 35.0 Å². The van der Waals surface area contributed by atoms with Gasteiger partial charge in [0.2, 0.25) is 11.8 Å². The number of nitrogens with zero attached hydrogens (tertiary/aromatic N) is 3. The van der Waals surface area contributed by atoms with Gasteiger partial charge in [0.15, 0.2) is 0 Å². The molecule has 2 aliphatic heterocycles. The van der Waals surface area contributed by atoms with Gasteiger partial charge in [0.05, 0.1) is 22.2 Å². The van der Waals surface area contributed by atoms with E-state index in [1.165, 1.54) is 0 Å². The van der Waals surface area contributed by atoms with Gasteiger partial charge in [-0.05, 0) is 24.5 Å². The number of carbonyl (C=O) groups excluding carboxylic acids is 2. The van der Waals surface area contributed by atoms with Crippen molar-refractivity contribution in [1.29, 1.82) is 0 Å². The van der Waals surface area contributed by atoms with Crippen LogP contribution in [0.1, 0.15) is 52.3 Å². The summed E-state index contributed by atoms with van der Waals surface area (Å²) < 4.78 is 6.28. The number of hydrogen-bond donors (Lipinski definition) is 3. The first-order chi connectivity index (χ1) is 19.2. The van der Waals surface area contributed by atoms with Gasteiger partial charge in [-0.3, -0.25) is 14.5 Å². The van der Waals surface area contributed by atoms with E-state index in [1.54, 1.807) is 16.2 Å². The molecule has 0 radical (unpaired) electrons. The molecule has 1 aromatic heterocycles. The van der Waals surface area contributed by atoms with Crippen LogP contribution < -0.4 is 15.4 Å². The zero-order valence-electron chi connectivity index (χ0n) is 24.9. The van der Waals surface area contributed by atoms with Crippen molar-refractivity contribution in [2.24, 2.45) is 11.8 Å². The SMILES string of the molecule is CC.Cc1ncsc1-c1ccc(CNC(=O)C2CC(O)CN2C(=O)C(C)C(C)C)c(OCCN2CCNCC2)c1. The van der Waals surface area contributed by atoms with Crippen molar-refractivity contribution < 1.29 is 19.4 Å². The fraction of sp³-hybridized carbons (Fsp3) is 0.633. The standard InChI is InChI=1S/C28H41N5O4S.C2H6/c1-18(2)19(3)28(36)33-16-23(34)14-24(33)27(35)30-15-22-6-5-21(26-20(4)31-17-38-26)13-25(22)37-12-11-32-9-7-29-8-10-32;1-2/h5-6,13,17-19,23-24,29,34H,7-12,14-16H2,1-4H3,(H,30,35);1-2H3. The Bertz CT molecular complexity index is 1100. The quantitative estimate of drug-likeness (QED) is 0.400. The summed E-state index contributed by atoms with van der Waals surface area (Å²) in [7, 11) is 0. The highest BCUT2D eigenvalue weighted by molar-refractivity contribution is 7.13. The van der Waals surface area contributed by atoms with Crippen LogP contribution in [0, 0.1) is 18.8 Å². The number of aromatic nitrogens is 1. The zero-order chi connectivity index (χ0) is 29.2. The van der Waals surface area contributed by atoms with Gasteiger partial charge in [0.25, 0.3) is 0 Å². The van der Waals surface area contributed by atoms with Gasteiger partial charge < -0.3 is 25.4 Å². The van der Waals surface area contributed by atoms with E-state index >= 15 is 0 Å². The number of nitrogens with one attached hydrogen (secondary N) is 2. The molecule has 2 aliphatic rings. The molecule has 40 heavy (non-hydrogen) atoms. The van der Waals surface area contributed by atoms with E-state index in [0.29, 0.717) is 6.61 Å². The number of rotatable bonds is 10. The molecule has 3 atom stereocenters. The summed E-state index contributed by atoms with van der Waals surface area (Å²) in [5.74, 6) is 0.344. The van der Waals surface area contributed by atoms with Gasteiger partial charge in [-0.15, -0.1) is 11.3 Å². The summed E-state index contributed by atoms with van der Waals surface area (Å²) in [6, 6.07) is 5.38. The second-order valence-electron chi connectivity index (χ2n) is 10.7. The van der Waals surface area contributed by atoms with Gasteiger partial charge in [0.1, 0.15) is 18.4 Å². The highest BCUT2D eigenvalue weighted by atomic mass is 32.1. The molecule has 9 nitrogen and oxygen atoms in total. The van der Waals surface area contributed by atoms with Gasteiger partial charge in [0, 0.05) is 63.7 Å². The Morgan fingerprint density at radius 3 is 2.60 bits per heavy atom. The van der Waals surface area contributed by atoms with Crippen molar-refractivity contribution in [2.75, 3.05) is 45.9 Å². The van der Waals surface area contributed by atoms with Crippen molar-refractivity contribution in [3.63, 3.8) is 0 Å². The van der Waals surface area contributed by atoms with E-state index in [9.17, 15) is 14.7 Å². The molecule has 2 saturated heterocycles. The number of thiazole rings is 1. The Morgan fingerprint density at radius 2 is 1.95 bits per heavy atom. The van der Waals surface area contributed by atoms with Crippen LogP contribution >= 0.6 is 11.3 Å². The number of β-amino-alcohol motifs (C(OH)–C–C–N with tert-alkyl or cyclic N) is 1. The number of carbonyl (C=O) groups is 2. The molecule has 0 saturated carbocycles. The van der Waals surface area contributed by atoms with Crippen molar-refractivity contribution >= 4 is 23.2 Å². The molecule has 3 heterocycles. The normalized spacial score (nSPS) is 20.1. The predicted molar refractivity (Wildman–Crippen MR) is 160 cm³/mol. The lowest BCUT2D eigenvalue weighted by Crippen LogP contribution is -2.48. The molecular formula is C30H47N5O4S. The number of amides is 2. The van der Waals surface area contributed by atoms with Crippen molar-refractivity contribution in [2.45, 2.75) is 66.7 Å². The average molecular weight is 574 g/mol. The maximum atomic E-state index is 13.2. The first-order valence-corrected chi connectivity index (χ1v) is 15.5. The third-order valence-electron chi connectivity index (χ3n) is 7.66. The van der Waals surface area contributed by atoms with Crippen molar-refractivity contribution in [3.8, 4) is 16.2 Å². The van der Waals surface area contributed by atoms with Gasteiger partial charge >= 0.3 is 0 Å². The third-order valence-corrected chi connectivity index (χ3v) is 8.63. The molecule has 222 valence electrons. The molecule has 2 aromatic rings. The Hall–Kier alpha value is -2.53. The maximum Gasteiger partial charge on any atom is 0.243 e. The van der Waals surface area contributed by atoms with Gasteiger partial charge in [-0.1, -0.05) is 46.8 Å². The summed E-state index contributed by atoms with van der Waals surface area (Å²) in [4.78, 5) is 35.6.